The zero-order chi connectivity index (χ0) is 19.1. The van der Waals surface area contributed by atoms with E-state index in [2.05, 4.69) is 25.0 Å². The number of fused-ring (bicyclic) bond motifs is 2. The second-order valence-corrected chi connectivity index (χ2v) is 7.20. The molecule has 1 aromatic carbocycles. The number of aromatic amines is 1. The molecule has 0 bridgehead atoms. The van der Waals surface area contributed by atoms with Gasteiger partial charge in [-0.2, -0.15) is 10.1 Å². The van der Waals surface area contributed by atoms with Gasteiger partial charge in [0.2, 0.25) is 5.88 Å². The molecule has 9 heteroatoms. The summed E-state index contributed by atoms with van der Waals surface area (Å²) in [5.41, 5.74) is 5.07. The average molecular weight is 394 g/mol. The van der Waals surface area contributed by atoms with Crippen molar-refractivity contribution >= 4 is 32.6 Å². The smallest absolute Gasteiger partial charge is 0.245 e. The van der Waals surface area contributed by atoms with E-state index < -0.39 is 0 Å². The Bertz CT molecular complexity index is 1290. The number of nitrogens with one attached hydrogen (secondary N) is 1. The van der Waals surface area contributed by atoms with Gasteiger partial charge in [-0.15, -0.1) is 11.3 Å². The SMILES string of the molecule is Cn1cc(-c2nc(OCCc3c[nH]c4ccc(F)cc34)c3ncsc3n2)cn1. The zero-order valence-corrected chi connectivity index (χ0v) is 15.7. The van der Waals surface area contributed by atoms with Crippen molar-refractivity contribution in [3.05, 3.63) is 53.7 Å². The van der Waals surface area contributed by atoms with Crippen LogP contribution in [0.1, 0.15) is 5.56 Å². The van der Waals surface area contributed by atoms with Crippen molar-refractivity contribution in [2.45, 2.75) is 6.42 Å². The lowest BCUT2D eigenvalue weighted by molar-refractivity contribution is 0.313. The highest BCUT2D eigenvalue weighted by atomic mass is 32.1. The monoisotopic (exact) mass is 394 g/mol. The first kappa shape index (κ1) is 16.8. The minimum Gasteiger partial charge on any atom is -0.476 e. The second kappa shape index (κ2) is 6.68. The van der Waals surface area contributed by atoms with Gasteiger partial charge in [-0.05, 0) is 23.8 Å². The Balaban J connectivity index is 1.41. The molecule has 0 aliphatic heterocycles. The minimum atomic E-state index is -0.254. The number of nitrogens with zero attached hydrogens (tertiary/aromatic N) is 5. The molecule has 7 nitrogen and oxygen atoms in total. The summed E-state index contributed by atoms with van der Waals surface area (Å²) in [6.45, 7) is 0.388. The summed E-state index contributed by atoms with van der Waals surface area (Å²) >= 11 is 1.44. The highest BCUT2D eigenvalue weighted by molar-refractivity contribution is 7.16. The Kier molecular flexibility index (Phi) is 4.01. The van der Waals surface area contributed by atoms with Crippen molar-refractivity contribution in [1.29, 1.82) is 0 Å². The van der Waals surface area contributed by atoms with Crippen LogP contribution in [0.25, 0.3) is 32.6 Å². The van der Waals surface area contributed by atoms with E-state index in [1.165, 1.54) is 23.5 Å². The molecule has 0 saturated heterocycles. The molecule has 5 aromatic rings. The maximum absolute atomic E-state index is 13.6. The highest BCUT2D eigenvalue weighted by Crippen LogP contribution is 2.28. The van der Waals surface area contributed by atoms with E-state index in [-0.39, 0.29) is 5.82 Å². The van der Waals surface area contributed by atoms with Crippen LogP contribution in [0.15, 0.2) is 42.3 Å². The molecule has 5 rings (SSSR count). The van der Waals surface area contributed by atoms with E-state index in [9.17, 15) is 4.39 Å². The first-order valence-electron chi connectivity index (χ1n) is 8.66. The van der Waals surface area contributed by atoms with Gasteiger partial charge in [0, 0.05) is 36.8 Å². The number of H-pyrrole nitrogens is 1. The Morgan fingerprint density at radius 2 is 2.21 bits per heavy atom. The summed E-state index contributed by atoms with van der Waals surface area (Å²) < 4.78 is 21.2. The van der Waals surface area contributed by atoms with E-state index in [0.717, 1.165) is 26.9 Å². The molecule has 140 valence electrons. The van der Waals surface area contributed by atoms with Crippen LogP contribution in [0.2, 0.25) is 0 Å². The third kappa shape index (κ3) is 2.99. The van der Waals surface area contributed by atoms with Gasteiger partial charge in [0.05, 0.1) is 23.9 Å². The largest absolute Gasteiger partial charge is 0.476 e. The van der Waals surface area contributed by atoms with Gasteiger partial charge in [0.15, 0.2) is 16.2 Å². The van der Waals surface area contributed by atoms with Crippen LogP contribution in [-0.4, -0.2) is 36.3 Å². The predicted molar refractivity (Wildman–Crippen MR) is 105 cm³/mol. The summed E-state index contributed by atoms with van der Waals surface area (Å²) in [5, 5.41) is 5.03. The molecule has 4 heterocycles. The maximum atomic E-state index is 13.6. The van der Waals surface area contributed by atoms with Gasteiger partial charge in [0.1, 0.15) is 5.82 Å². The van der Waals surface area contributed by atoms with E-state index in [1.54, 1.807) is 22.5 Å². The van der Waals surface area contributed by atoms with Crippen LogP contribution in [0.4, 0.5) is 4.39 Å². The Hall–Kier alpha value is -3.33. The maximum Gasteiger partial charge on any atom is 0.245 e. The topological polar surface area (TPSA) is 81.5 Å². The normalized spacial score (nSPS) is 11.5. The number of rotatable bonds is 5. The molecular weight excluding hydrogens is 379 g/mol. The second-order valence-electron chi connectivity index (χ2n) is 6.36. The molecule has 0 aliphatic carbocycles. The zero-order valence-electron chi connectivity index (χ0n) is 14.9. The summed E-state index contributed by atoms with van der Waals surface area (Å²) in [6.07, 6.45) is 6.06. The number of halogens is 1. The Labute approximate surface area is 162 Å². The third-order valence-electron chi connectivity index (χ3n) is 4.47. The van der Waals surface area contributed by atoms with Crippen molar-refractivity contribution < 1.29 is 9.13 Å². The van der Waals surface area contributed by atoms with Crippen LogP contribution in [0, 0.1) is 5.82 Å². The van der Waals surface area contributed by atoms with Gasteiger partial charge >= 0.3 is 0 Å². The molecule has 0 radical (unpaired) electrons. The molecule has 0 amide bonds. The standard InChI is InChI=1S/C19H15FN6OS/c1-26-9-12(8-23-26)17-24-18(16-19(25-17)28-10-22-16)27-5-4-11-7-21-15-3-2-13(20)6-14(11)15/h2-3,6-10,21H,4-5H2,1H3. The number of thiazole rings is 1. The van der Waals surface area contributed by atoms with Gasteiger partial charge < -0.3 is 9.72 Å². The lowest BCUT2D eigenvalue weighted by Gasteiger charge is -2.07. The highest BCUT2D eigenvalue weighted by Gasteiger charge is 2.14. The van der Waals surface area contributed by atoms with Gasteiger partial charge in [-0.1, -0.05) is 0 Å². The van der Waals surface area contributed by atoms with Crippen LogP contribution in [0.3, 0.4) is 0 Å². The molecule has 0 saturated carbocycles. The van der Waals surface area contributed by atoms with Crippen LogP contribution in [-0.2, 0) is 13.5 Å². The van der Waals surface area contributed by atoms with Gasteiger partial charge in [-0.25, -0.2) is 14.4 Å². The summed E-state index contributed by atoms with van der Waals surface area (Å²) in [4.78, 5) is 17.3. The van der Waals surface area contributed by atoms with Crippen LogP contribution < -0.4 is 4.74 Å². The molecule has 0 unspecified atom stereocenters. The molecular formula is C19H15FN6OS. The molecule has 0 atom stereocenters. The lowest BCUT2D eigenvalue weighted by atomic mass is 10.1. The fraction of sp³-hybridized carbons (Fsp3) is 0.158. The van der Waals surface area contributed by atoms with Crippen molar-refractivity contribution in [2.75, 3.05) is 6.61 Å². The molecule has 1 N–H and O–H groups in total. The number of benzene rings is 1. The fourth-order valence-corrected chi connectivity index (χ4v) is 3.77. The molecule has 4 aromatic heterocycles. The lowest BCUT2D eigenvalue weighted by Crippen LogP contribution is -2.04. The number of ether oxygens (including phenoxy) is 1. The molecule has 0 aliphatic rings. The first-order valence-corrected chi connectivity index (χ1v) is 9.54. The number of aromatic nitrogens is 6. The van der Waals surface area contributed by atoms with Crippen molar-refractivity contribution in [1.82, 2.24) is 29.7 Å². The van der Waals surface area contributed by atoms with Gasteiger partial charge in [-0.3, -0.25) is 4.68 Å². The summed E-state index contributed by atoms with van der Waals surface area (Å²) in [7, 11) is 1.84. The summed E-state index contributed by atoms with van der Waals surface area (Å²) in [6, 6.07) is 4.71. The quantitative estimate of drug-likeness (QED) is 0.491. The van der Waals surface area contributed by atoms with Crippen molar-refractivity contribution in [2.24, 2.45) is 7.05 Å². The van der Waals surface area contributed by atoms with E-state index in [1.807, 2.05) is 19.4 Å². The van der Waals surface area contributed by atoms with Crippen molar-refractivity contribution in [3.8, 4) is 17.3 Å². The third-order valence-corrected chi connectivity index (χ3v) is 5.19. The van der Waals surface area contributed by atoms with Crippen molar-refractivity contribution in [3.63, 3.8) is 0 Å². The predicted octanol–water partition coefficient (Wildman–Crippen LogP) is 3.73. The summed E-state index contributed by atoms with van der Waals surface area (Å²) in [5.74, 6) is 0.737. The average Bonchev–Trinajstić information content (AvgIpc) is 3.41. The van der Waals surface area contributed by atoms with E-state index in [4.69, 9.17) is 4.74 Å². The fourth-order valence-electron chi connectivity index (χ4n) is 3.12. The van der Waals surface area contributed by atoms with Crippen LogP contribution >= 0.6 is 11.3 Å². The van der Waals surface area contributed by atoms with Gasteiger partial charge in [0.25, 0.3) is 0 Å². The first-order chi connectivity index (χ1) is 13.7. The molecule has 0 fully saturated rings. The Morgan fingerprint density at radius 1 is 1.29 bits per heavy atom. The Morgan fingerprint density at radius 3 is 3.07 bits per heavy atom. The number of hydrogen-bond acceptors (Lipinski definition) is 6. The van der Waals surface area contributed by atoms with E-state index in [0.29, 0.717) is 30.2 Å². The van der Waals surface area contributed by atoms with E-state index >= 15 is 0 Å². The molecule has 28 heavy (non-hydrogen) atoms. The number of hydrogen-bond donors (Lipinski definition) is 1. The number of aryl methyl sites for hydroxylation is 1. The molecule has 0 spiro atoms. The minimum absolute atomic E-state index is 0.254. The van der Waals surface area contributed by atoms with Crippen LogP contribution in [0.5, 0.6) is 5.88 Å².